The first-order chi connectivity index (χ1) is 6.85. The first kappa shape index (κ1) is 8.74. The molecule has 0 atom stereocenters. The van der Waals surface area contributed by atoms with Gasteiger partial charge in [-0.05, 0) is 12.1 Å². The Balaban J connectivity index is 2.67. The van der Waals surface area contributed by atoms with E-state index < -0.39 is 0 Å². The number of ether oxygens (including phenoxy) is 2. The van der Waals surface area contributed by atoms with Crippen LogP contribution in [0.15, 0.2) is 24.4 Å². The second-order valence-electron chi connectivity index (χ2n) is 2.75. The van der Waals surface area contributed by atoms with E-state index in [1.807, 2.05) is 18.2 Å². The molecule has 0 amide bonds. The van der Waals surface area contributed by atoms with Crippen LogP contribution in [-0.2, 0) is 0 Å². The third kappa shape index (κ3) is 1.35. The number of benzene rings is 1. The van der Waals surface area contributed by atoms with Gasteiger partial charge in [0.25, 0.3) is 0 Å². The highest BCUT2D eigenvalue weighted by atomic mass is 16.5. The van der Waals surface area contributed by atoms with Crippen molar-refractivity contribution in [1.82, 2.24) is 9.97 Å². The van der Waals surface area contributed by atoms with Crippen molar-refractivity contribution >= 4 is 10.9 Å². The Morgan fingerprint density at radius 3 is 2.71 bits per heavy atom. The summed E-state index contributed by atoms with van der Waals surface area (Å²) in [5.74, 6) is 0.769. The molecule has 0 aliphatic rings. The van der Waals surface area contributed by atoms with Gasteiger partial charge in [0.05, 0.1) is 25.1 Å². The summed E-state index contributed by atoms with van der Waals surface area (Å²) in [5, 5.41) is 0.885. The normalized spacial score (nSPS) is 10.1. The zero-order valence-corrected chi connectivity index (χ0v) is 8.02. The molecule has 2 aromatic rings. The number of aromatic nitrogens is 2. The van der Waals surface area contributed by atoms with E-state index in [9.17, 15) is 0 Å². The highest BCUT2D eigenvalue weighted by molar-refractivity contribution is 5.84. The van der Waals surface area contributed by atoms with Crippen LogP contribution in [0.2, 0.25) is 0 Å². The molecule has 2 rings (SSSR count). The zero-order chi connectivity index (χ0) is 9.97. The molecule has 0 saturated carbocycles. The molecular weight excluding hydrogens is 180 g/mol. The van der Waals surface area contributed by atoms with Crippen LogP contribution in [0.4, 0.5) is 0 Å². The van der Waals surface area contributed by atoms with Crippen LogP contribution >= 0.6 is 0 Å². The average molecular weight is 190 g/mol. The molecule has 1 aromatic carbocycles. The van der Waals surface area contributed by atoms with Crippen molar-refractivity contribution < 1.29 is 9.47 Å². The van der Waals surface area contributed by atoms with E-state index >= 15 is 0 Å². The summed E-state index contributed by atoms with van der Waals surface area (Å²) >= 11 is 0. The molecule has 4 nitrogen and oxygen atoms in total. The smallest absolute Gasteiger partial charge is 0.316 e. The molecule has 4 heteroatoms. The van der Waals surface area contributed by atoms with Crippen molar-refractivity contribution in [3.8, 4) is 11.8 Å². The Morgan fingerprint density at radius 2 is 2.00 bits per heavy atom. The van der Waals surface area contributed by atoms with Crippen molar-refractivity contribution in [2.45, 2.75) is 0 Å². The fourth-order valence-corrected chi connectivity index (χ4v) is 1.29. The fourth-order valence-electron chi connectivity index (χ4n) is 1.29. The molecule has 0 bridgehead atoms. The van der Waals surface area contributed by atoms with Crippen LogP contribution in [-0.4, -0.2) is 24.2 Å². The average Bonchev–Trinajstić information content (AvgIpc) is 2.27. The van der Waals surface area contributed by atoms with Crippen molar-refractivity contribution in [1.29, 1.82) is 0 Å². The van der Waals surface area contributed by atoms with Gasteiger partial charge in [0, 0.05) is 6.20 Å². The summed E-state index contributed by atoms with van der Waals surface area (Å²) in [6.45, 7) is 0. The van der Waals surface area contributed by atoms with E-state index in [-0.39, 0.29) is 0 Å². The Morgan fingerprint density at radius 1 is 1.14 bits per heavy atom. The van der Waals surface area contributed by atoms with Crippen LogP contribution in [0.1, 0.15) is 0 Å². The van der Waals surface area contributed by atoms with Crippen molar-refractivity contribution in [2.75, 3.05) is 14.2 Å². The number of methoxy groups -OCH3 is 2. The first-order valence-electron chi connectivity index (χ1n) is 4.19. The molecule has 0 radical (unpaired) electrons. The number of hydrogen-bond acceptors (Lipinski definition) is 4. The molecule has 0 N–H and O–H groups in total. The Bertz CT molecular complexity index is 457. The standard InChI is InChI=1S/C10H10N2O2/c1-13-9-5-3-4-8-7(9)6-11-10(12-8)14-2/h3-6H,1-2H3. The Labute approximate surface area is 81.5 Å². The molecule has 72 valence electrons. The van der Waals surface area contributed by atoms with Gasteiger partial charge in [0.2, 0.25) is 0 Å². The van der Waals surface area contributed by atoms with Crippen LogP contribution < -0.4 is 9.47 Å². The maximum Gasteiger partial charge on any atom is 0.316 e. The van der Waals surface area contributed by atoms with Crippen LogP contribution in [0.5, 0.6) is 11.8 Å². The maximum absolute atomic E-state index is 5.18. The molecular formula is C10H10N2O2. The van der Waals surface area contributed by atoms with E-state index in [1.54, 1.807) is 20.4 Å². The van der Waals surface area contributed by atoms with Crippen LogP contribution in [0, 0.1) is 0 Å². The Kier molecular flexibility index (Phi) is 2.18. The molecule has 0 unspecified atom stereocenters. The lowest BCUT2D eigenvalue weighted by molar-refractivity contribution is 0.381. The number of rotatable bonds is 2. The summed E-state index contributed by atoms with van der Waals surface area (Å²) in [6.07, 6.45) is 1.69. The van der Waals surface area contributed by atoms with Gasteiger partial charge in [-0.1, -0.05) is 6.07 Å². The minimum Gasteiger partial charge on any atom is -0.496 e. The van der Waals surface area contributed by atoms with Gasteiger partial charge in [-0.25, -0.2) is 4.98 Å². The predicted octanol–water partition coefficient (Wildman–Crippen LogP) is 1.65. The summed E-state index contributed by atoms with van der Waals surface area (Å²) in [5.41, 5.74) is 0.816. The topological polar surface area (TPSA) is 44.2 Å². The van der Waals surface area contributed by atoms with Gasteiger partial charge in [0.15, 0.2) is 0 Å². The summed E-state index contributed by atoms with van der Waals surface area (Å²) in [7, 11) is 3.17. The highest BCUT2D eigenvalue weighted by Gasteiger charge is 2.03. The molecule has 0 saturated heterocycles. The lowest BCUT2D eigenvalue weighted by Gasteiger charge is -2.04. The van der Waals surface area contributed by atoms with Gasteiger partial charge in [-0.2, -0.15) is 4.98 Å². The second-order valence-corrected chi connectivity index (χ2v) is 2.75. The predicted molar refractivity (Wildman–Crippen MR) is 52.6 cm³/mol. The zero-order valence-electron chi connectivity index (χ0n) is 8.02. The molecule has 0 spiro atoms. The van der Waals surface area contributed by atoms with Crippen molar-refractivity contribution in [3.63, 3.8) is 0 Å². The van der Waals surface area contributed by atoms with Gasteiger partial charge >= 0.3 is 6.01 Å². The lowest BCUT2D eigenvalue weighted by Crippen LogP contribution is -1.93. The summed E-state index contributed by atoms with van der Waals surface area (Å²) in [4.78, 5) is 8.21. The molecule has 1 heterocycles. The van der Waals surface area contributed by atoms with Crippen LogP contribution in [0.3, 0.4) is 0 Å². The third-order valence-electron chi connectivity index (χ3n) is 1.97. The molecule has 0 aliphatic carbocycles. The van der Waals surface area contributed by atoms with Gasteiger partial charge in [0.1, 0.15) is 5.75 Å². The number of fused-ring (bicyclic) bond motifs is 1. The van der Waals surface area contributed by atoms with E-state index in [0.29, 0.717) is 6.01 Å². The van der Waals surface area contributed by atoms with E-state index in [1.165, 1.54) is 0 Å². The van der Waals surface area contributed by atoms with Gasteiger partial charge < -0.3 is 9.47 Å². The van der Waals surface area contributed by atoms with E-state index in [4.69, 9.17) is 9.47 Å². The molecule has 0 aliphatic heterocycles. The van der Waals surface area contributed by atoms with E-state index in [0.717, 1.165) is 16.7 Å². The fraction of sp³-hybridized carbons (Fsp3) is 0.200. The first-order valence-corrected chi connectivity index (χ1v) is 4.19. The lowest BCUT2D eigenvalue weighted by atomic mass is 10.2. The summed E-state index contributed by atoms with van der Waals surface area (Å²) < 4.78 is 10.1. The largest absolute Gasteiger partial charge is 0.496 e. The van der Waals surface area contributed by atoms with Crippen molar-refractivity contribution in [2.24, 2.45) is 0 Å². The highest BCUT2D eigenvalue weighted by Crippen LogP contribution is 2.23. The summed E-state index contributed by atoms with van der Waals surface area (Å²) in [6, 6.07) is 6.01. The second kappa shape index (κ2) is 3.49. The number of hydrogen-bond donors (Lipinski definition) is 0. The molecule has 14 heavy (non-hydrogen) atoms. The Hall–Kier alpha value is -1.84. The van der Waals surface area contributed by atoms with E-state index in [2.05, 4.69) is 9.97 Å². The quantitative estimate of drug-likeness (QED) is 0.722. The minimum absolute atomic E-state index is 0.366. The SMILES string of the molecule is COc1ncc2c(OC)cccc2n1. The number of nitrogens with zero attached hydrogens (tertiary/aromatic N) is 2. The minimum atomic E-state index is 0.366. The van der Waals surface area contributed by atoms with Gasteiger partial charge in [-0.15, -0.1) is 0 Å². The van der Waals surface area contributed by atoms with Crippen LogP contribution in [0.25, 0.3) is 10.9 Å². The van der Waals surface area contributed by atoms with Gasteiger partial charge in [-0.3, -0.25) is 0 Å². The monoisotopic (exact) mass is 190 g/mol. The molecule has 1 aromatic heterocycles. The molecule has 0 fully saturated rings. The van der Waals surface area contributed by atoms with Crippen molar-refractivity contribution in [3.05, 3.63) is 24.4 Å². The maximum atomic E-state index is 5.18. The third-order valence-corrected chi connectivity index (χ3v) is 1.97.